The monoisotopic (exact) mass is 365 g/mol. The molecular weight excluding hydrogens is 342 g/mol. The highest BCUT2D eigenvalue weighted by atomic mass is 16.6. The van der Waals surface area contributed by atoms with Gasteiger partial charge in [0.1, 0.15) is 12.4 Å². The highest BCUT2D eigenvalue weighted by molar-refractivity contribution is 5.91. The fourth-order valence-electron chi connectivity index (χ4n) is 3.48. The summed E-state index contributed by atoms with van der Waals surface area (Å²) in [6.07, 6.45) is 4.40. The molecule has 0 aliphatic heterocycles. The molecule has 0 aromatic heterocycles. The third-order valence-corrected chi connectivity index (χ3v) is 4.76. The second-order valence-electron chi connectivity index (χ2n) is 6.85. The number of nitrogens with zero attached hydrogens (tertiary/aromatic N) is 1. The molecular formula is C22H23NO4. The Bertz CT molecular complexity index is 829. The third kappa shape index (κ3) is 5.51. The van der Waals surface area contributed by atoms with Crippen molar-refractivity contribution in [3.63, 3.8) is 0 Å². The number of para-hydroxylation sites is 1. The number of carbonyl (C=O) groups is 1. The molecule has 0 fully saturated rings. The van der Waals surface area contributed by atoms with Crippen molar-refractivity contribution in [3.8, 4) is 5.75 Å². The molecule has 0 unspecified atom stereocenters. The van der Waals surface area contributed by atoms with Crippen molar-refractivity contribution in [3.05, 3.63) is 87.5 Å². The normalized spacial score (nSPS) is 15.1. The second-order valence-corrected chi connectivity index (χ2v) is 6.85. The number of benzene rings is 2. The van der Waals surface area contributed by atoms with Gasteiger partial charge in [-0.15, -0.1) is 0 Å². The Balaban J connectivity index is 1.81. The van der Waals surface area contributed by atoms with Crippen LogP contribution in [-0.2, 0) is 11.4 Å². The number of hydrogen-bond donors (Lipinski definition) is 0. The number of allylic oxidation sites excluding steroid dienone is 2. The average Bonchev–Trinajstić information content (AvgIpc) is 2.67. The van der Waals surface area contributed by atoms with Gasteiger partial charge in [-0.05, 0) is 37.0 Å². The number of nitro groups is 1. The minimum Gasteiger partial charge on any atom is -0.489 e. The number of ether oxygens (including phenoxy) is 1. The van der Waals surface area contributed by atoms with Gasteiger partial charge in [0.05, 0.1) is 5.92 Å². The lowest BCUT2D eigenvalue weighted by Gasteiger charge is -2.20. The highest BCUT2D eigenvalue weighted by Gasteiger charge is 2.24. The van der Waals surface area contributed by atoms with Gasteiger partial charge in [0, 0.05) is 16.9 Å². The first-order chi connectivity index (χ1) is 13.1. The summed E-state index contributed by atoms with van der Waals surface area (Å²) in [6.45, 7) is 0.224. The van der Waals surface area contributed by atoms with E-state index >= 15 is 0 Å². The molecule has 1 atom stereocenters. The van der Waals surface area contributed by atoms with Gasteiger partial charge in [-0.1, -0.05) is 54.1 Å². The molecule has 5 nitrogen and oxygen atoms in total. The molecule has 0 spiro atoms. The Labute approximate surface area is 158 Å². The lowest BCUT2D eigenvalue weighted by Crippen LogP contribution is -2.16. The van der Waals surface area contributed by atoms with Crippen LogP contribution in [-0.4, -0.2) is 17.3 Å². The molecule has 0 N–H and O–H groups in total. The van der Waals surface area contributed by atoms with Crippen LogP contribution in [0.2, 0.25) is 0 Å². The van der Waals surface area contributed by atoms with Crippen LogP contribution in [0.1, 0.15) is 42.7 Å². The zero-order chi connectivity index (χ0) is 19.1. The summed E-state index contributed by atoms with van der Waals surface area (Å²) >= 11 is 0. The number of ketones is 1. The summed E-state index contributed by atoms with van der Waals surface area (Å²) in [6, 6.07) is 17.3. The van der Waals surface area contributed by atoms with Crippen LogP contribution < -0.4 is 4.74 Å². The Kier molecular flexibility index (Phi) is 6.36. The van der Waals surface area contributed by atoms with E-state index in [1.807, 2.05) is 54.6 Å². The molecule has 2 aromatic carbocycles. The molecule has 0 amide bonds. The van der Waals surface area contributed by atoms with Crippen LogP contribution in [0.3, 0.4) is 0 Å². The number of hydrogen-bond acceptors (Lipinski definition) is 4. The van der Waals surface area contributed by atoms with E-state index in [0.29, 0.717) is 25.2 Å². The van der Waals surface area contributed by atoms with Crippen LogP contribution >= 0.6 is 0 Å². The molecule has 0 saturated carbocycles. The van der Waals surface area contributed by atoms with Gasteiger partial charge in [0.25, 0.3) is 0 Å². The largest absolute Gasteiger partial charge is 0.489 e. The van der Waals surface area contributed by atoms with E-state index in [9.17, 15) is 14.9 Å². The van der Waals surface area contributed by atoms with Crippen LogP contribution in [0.25, 0.3) is 0 Å². The molecule has 1 aliphatic carbocycles. The quantitative estimate of drug-likeness (QED) is 0.502. The van der Waals surface area contributed by atoms with Crippen molar-refractivity contribution in [1.29, 1.82) is 0 Å². The van der Waals surface area contributed by atoms with Crippen LogP contribution in [0, 0.1) is 10.1 Å². The summed E-state index contributed by atoms with van der Waals surface area (Å²) in [5.74, 6) is 0.463. The molecule has 0 radical (unpaired) electrons. The van der Waals surface area contributed by atoms with Gasteiger partial charge in [-0.25, -0.2) is 0 Å². The second kappa shape index (κ2) is 9.12. The van der Waals surface area contributed by atoms with Crippen LogP contribution in [0.5, 0.6) is 5.75 Å². The van der Waals surface area contributed by atoms with E-state index in [-0.39, 0.29) is 23.2 Å². The summed E-state index contributed by atoms with van der Waals surface area (Å²) in [4.78, 5) is 22.7. The maximum Gasteiger partial charge on any atom is 0.211 e. The Morgan fingerprint density at radius 1 is 1.04 bits per heavy atom. The van der Waals surface area contributed by atoms with Crippen LogP contribution in [0.4, 0.5) is 0 Å². The maximum absolute atomic E-state index is 11.7. The summed E-state index contributed by atoms with van der Waals surface area (Å²) < 4.78 is 5.99. The minimum atomic E-state index is -0.316. The number of carbonyl (C=O) groups excluding carboxylic acids is 1. The van der Waals surface area contributed by atoms with Crippen molar-refractivity contribution >= 4 is 5.78 Å². The van der Waals surface area contributed by atoms with E-state index in [2.05, 4.69) is 0 Å². The van der Waals surface area contributed by atoms with E-state index in [0.717, 1.165) is 29.5 Å². The zero-order valence-electron chi connectivity index (χ0n) is 15.2. The molecule has 2 aromatic rings. The molecule has 27 heavy (non-hydrogen) atoms. The summed E-state index contributed by atoms with van der Waals surface area (Å²) in [5, 5.41) is 11.3. The van der Waals surface area contributed by atoms with Gasteiger partial charge >= 0.3 is 0 Å². The van der Waals surface area contributed by atoms with Gasteiger partial charge in [-0.2, -0.15) is 0 Å². The molecule has 3 rings (SSSR count). The van der Waals surface area contributed by atoms with E-state index in [1.54, 1.807) is 6.08 Å². The average molecular weight is 365 g/mol. The third-order valence-electron chi connectivity index (χ3n) is 4.76. The van der Waals surface area contributed by atoms with Crippen LogP contribution in [0.15, 0.2) is 66.2 Å². The lowest BCUT2D eigenvalue weighted by atomic mass is 9.86. The first-order valence-electron chi connectivity index (χ1n) is 9.21. The van der Waals surface area contributed by atoms with Gasteiger partial charge in [-0.3, -0.25) is 14.9 Å². The van der Waals surface area contributed by atoms with Crippen molar-refractivity contribution in [2.45, 2.75) is 38.2 Å². The van der Waals surface area contributed by atoms with E-state index in [1.165, 1.54) is 0 Å². The number of rotatable bonds is 8. The van der Waals surface area contributed by atoms with E-state index < -0.39 is 0 Å². The Morgan fingerprint density at radius 2 is 1.78 bits per heavy atom. The SMILES string of the molecule is O=C1C=C(C[C@@H](C[N+](=O)[O-])c2ccccc2OCc2ccccc2)CCC1. The van der Waals surface area contributed by atoms with Gasteiger partial charge in [0.2, 0.25) is 6.54 Å². The molecule has 140 valence electrons. The van der Waals surface area contributed by atoms with Crippen molar-refractivity contribution in [1.82, 2.24) is 0 Å². The Morgan fingerprint density at radius 3 is 2.52 bits per heavy atom. The van der Waals surface area contributed by atoms with Crippen molar-refractivity contribution < 1.29 is 14.5 Å². The topological polar surface area (TPSA) is 69.4 Å². The fraction of sp³-hybridized carbons (Fsp3) is 0.318. The first kappa shape index (κ1) is 18.8. The van der Waals surface area contributed by atoms with E-state index in [4.69, 9.17) is 4.74 Å². The lowest BCUT2D eigenvalue weighted by molar-refractivity contribution is -0.483. The first-order valence-corrected chi connectivity index (χ1v) is 9.21. The molecule has 0 bridgehead atoms. The molecule has 1 aliphatic rings. The minimum absolute atomic E-state index is 0.115. The fourth-order valence-corrected chi connectivity index (χ4v) is 3.48. The summed E-state index contributed by atoms with van der Waals surface area (Å²) in [5.41, 5.74) is 2.86. The highest BCUT2D eigenvalue weighted by Crippen LogP contribution is 2.34. The predicted molar refractivity (Wildman–Crippen MR) is 103 cm³/mol. The Hall–Kier alpha value is -2.95. The zero-order valence-corrected chi connectivity index (χ0v) is 15.2. The van der Waals surface area contributed by atoms with Gasteiger partial charge in [0.15, 0.2) is 5.78 Å². The molecule has 5 heteroatoms. The summed E-state index contributed by atoms with van der Waals surface area (Å²) in [7, 11) is 0. The molecule has 0 saturated heterocycles. The maximum atomic E-state index is 11.7. The van der Waals surface area contributed by atoms with Crippen molar-refractivity contribution in [2.24, 2.45) is 0 Å². The van der Waals surface area contributed by atoms with Gasteiger partial charge < -0.3 is 4.74 Å². The predicted octanol–water partition coefficient (Wildman–Crippen LogP) is 4.70. The van der Waals surface area contributed by atoms with Crippen molar-refractivity contribution in [2.75, 3.05) is 6.54 Å². The smallest absolute Gasteiger partial charge is 0.211 e. The molecule has 0 heterocycles. The standard InChI is InChI=1S/C22H23NO4/c24-20-10-6-9-18(14-20)13-19(15-23(25)26)21-11-4-5-12-22(21)27-16-17-7-2-1-3-8-17/h1-5,7-8,11-12,14,19H,6,9-10,13,15-16H2/t19-/m0/s1.